The molecule has 3 rings (SSSR count). The van der Waals surface area contributed by atoms with Crippen LogP contribution in [0.1, 0.15) is 40.1 Å². The summed E-state index contributed by atoms with van der Waals surface area (Å²) in [6.07, 6.45) is 0.982. The summed E-state index contributed by atoms with van der Waals surface area (Å²) in [6, 6.07) is 0.196. The molecule has 0 amide bonds. The van der Waals surface area contributed by atoms with Crippen molar-refractivity contribution >= 4 is 22.7 Å². The number of carbonyl (C=O) groups excluding carboxylic acids is 1. The first-order valence-electron chi connectivity index (χ1n) is 6.16. The molecule has 1 aliphatic heterocycles. The predicted molar refractivity (Wildman–Crippen MR) is 68.7 cm³/mol. The molecule has 1 aliphatic rings. The van der Waals surface area contributed by atoms with Crippen molar-refractivity contribution < 1.29 is 23.5 Å². The van der Waals surface area contributed by atoms with Crippen molar-refractivity contribution in [3.63, 3.8) is 0 Å². The zero-order chi connectivity index (χ0) is 15.5. The number of rotatable bonds is 1. The Kier molecular flexibility index (Phi) is 2.69. The molecule has 0 fully saturated rings. The Morgan fingerprint density at radius 1 is 1.38 bits per heavy atom. The number of pyridine rings is 1. The predicted octanol–water partition coefficient (Wildman–Crippen LogP) is 2.13. The molecule has 0 aliphatic carbocycles. The van der Waals surface area contributed by atoms with Gasteiger partial charge in [-0.2, -0.15) is 0 Å². The standard InChI is InChI=1S/C14H9F2NO4/c1-5-2-9(18)10-11(16)8(15)3-6-12(10)17(5)4-7(13(6)19)14(20)21/h3-5H,2H2,1H3,(H,20,21). The number of carbonyl (C=O) groups is 2. The summed E-state index contributed by atoms with van der Waals surface area (Å²) in [4.78, 5) is 35.2. The van der Waals surface area contributed by atoms with Gasteiger partial charge in [0.1, 0.15) is 5.56 Å². The highest BCUT2D eigenvalue weighted by atomic mass is 19.2. The summed E-state index contributed by atoms with van der Waals surface area (Å²) in [6.45, 7) is 1.64. The zero-order valence-corrected chi connectivity index (χ0v) is 10.8. The Hall–Kier alpha value is -2.57. The summed E-state index contributed by atoms with van der Waals surface area (Å²) in [7, 11) is 0. The third-order valence-corrected chi connectivity index (χ3v) is 3.67. The van der Waals surface area contributed by atoms with Crippen LogP contribution in [-0.2, 0) is 0 Å². The lowest BCUT2D eigenvalue weighted by molar-refractivity contribution is 0.0694. The Morgan fingerprint density at radius 3 is 2.67 bits per heavy atom. The molecule has 7 heteroatoms. The molecule has 1 aromatic carbocycles. The van der Waals surface area contributed by atoms with Crippen LogP contribution in [0.25, 0.3) is 10.9 Å². The number of benzene rings is 1. The lowest BCUT2D eigenvalue weighted by Gasteiger charge is -2.25. The molecule has 0 saturated carbocycles. The Bertz CT molecular complexity index is 885. The molecule has 0 saturated heterocycles. The van der Waals surface area contributed by atoms with Crippen molar-refractivity contribution in [1.29, 1.82) is 0 Å². The monoisotopic (exact) mass is 293 g/mol. The SMILES string of the molecule is CC1CC(=O)c2c(F)c(F)cc3c(=O)c(C(=O)O)cn1c23. The first kappa shape index (κ1) is 13.4. The van der Waals surface area contributed by atoms with Crippen LogP contribution in [0.4, 0.5) is 8.78 Å². The van der Waals surface area contributed by atoms with Crippen molar-refractivity contribution in [1.82, 2.24) is 4.57 Å². The molecular weight excluding hydrogens is 284 g/mol. The second-order valence-electron chi connectivity index (χ2n) is 5.00. The van der Waals surface area contributed by atoms with Crippen LogP contribution in [0.5, 0.6) is 0 Å². The fourth-order valence-electron chi connectivity index (χ4n) is 2.69. The maximum absolute atomic E-state index is 13.9. The van der Waals surface area contributed by atoms with Gasteiger partial charge in [-0.3, -0.25) is 9.59 Å². The third-order valence-electron chi connectivity index (χ3n) is 3.67. The second-order valence-corrected chi connectivity index (χ2v) is 5.00. The molecule has 5 nitrogen and oxygen atoms in total. The molecule has 108 valence electrons. The average molecular weight is 293 g/mol. The van der Waals surface area contributed by atoms with Crippen molar-refractivity contribution in [3.8, 4) is 0 Å². The number of ketones is 1. The molecule has 1 aromatic heterocycles. The van der Waals surface area contributed by atoms with Crippen LogP contribution in [-0.4, -0.2) is 21.4 Å². The molecule has 21 heavy (non-hydrogen) atoms. The minimum absolute atomic E-state index is 0.0485. The third kappa shape index (κ3) is 1.70. The topological polar surface area (TPSA) is 76.4 Å². The number of aromatic carboxylic acids is 1. The highest BCUT2D eigenvalue weighted by Gasteiger charge is 2.31. The molecule has 0 radical (unpaired) electrons. The fraction of sp³-hybridized carbons (Fsp3) is 0.214. The zero-order valence-electron chi connectivity index (χ0n) is 10.8. The van der Waals surface area contributed by atoms with Gasteiger partial charge < -0.3 is 9.67 Å². The summed E-state index contributed by atoms with van der Waals surface area (Å²) in [5, 5.41) is 8.74. The van der Waals surface area contributed by atoms with E-state index in [2.05, 4.69) is 0 Å². The molecule has 2 aromatic rings. The van der Waals surface area contributed by atoms with Crippen LogP contribution >= 0.6 is 0 Å². The number of Topliss-reactive ketones (excluding diaryl/α,β-unsaturated/α-hetero) is 1. The van der Waals surface area contributed by atoms with Gasteiger partial charge in [0.2, 0.25) is 5.43 Å². The van der Waals surface area contributed by atoms with Gasteiger partial charge in [-0.1, -0.05) is 0 Å². The van der Waals surface area contributed by atoms with E-state index in [1.165, 1.54) is 4.57 Å². The van der Waals surface area contributed by atoms with E-state index < -0.39 is 46.0 Å². The number of hydrogen-bond acceptors (Lipinski definition) is 3. The summed E-state index contributed by atoms with van der Waals surface area (Å²) < 4.78 is 28.8. The summed E-state index contributed by atoms with van der Waals surface area (Å²) in [5.41, 5.74) is -2.01. The quantitative estimate of drug-likeness (QED) is 0.873. The second kappa shape index (κ2) is 4.21. The van der Waals surface area contributed by atoms with E-state index in [1.807, 2.05) is 0 Å². The Morgan fingerprint density at radius 2 is 2.05 bits per heavy atom. The van der Waals surface area contributed by atoms with Gasteiger partial charge in [-0.25, -0.2) is 13.6 Å². The maximum atomic E-state index is 13.9. The number of halogens is 2. The van der Waals surface area contributed by atoms with Gasteiger partial charge in [0.25, 0.3) is 0 Å². The lowest BCUT2D eigenvalue weighted by atomic mass is 9.94. The van der Waals surface area contributed by atoms with Gasteiger partial charge >= 0.3 is 5.97 Å². The van der Waals surface area contributed by atoms with Gasteiger partial charge in [0.05, 0.1) is 16.5 Å². The average Bonchev–Trinajstić information content (AvgIpc) is 2.40. The van der Waals surface area contributed by atoms with E-state index in [0.29, 0.717) is 6.07 Å². The normalized spacial score (nSPS) is 17.3. The Labute approximate surface area is 116 Å². The van der Waals surface area contributed by atoms with Crippen molar-refractivity contribution in [2.75, 3.05) is 0 Å². The van der Waals surface area contributed by atoms with Crippen molar-refractivity contribution in [3.05, 3.63) is 45.2 Å². The molecule has 0 spiro atoms. The highest BCUT2D eigenvalue weighted by molar-refractivity contribution is 6.09. The van der Waals surface area contributed by atoms with Crippen LogP contribution in [0.2, 0.25) is 0 Å². The molecular formula is C14H9F2NO4. The number of carboxylic acids is 1. The molecule has 2 heterocycles. The van der Waals surface area contributed by atoms with Crippen LogP contribution in [0.3, 0.4) is 0 Å². The Balaban J connectivity index is 2.62. The van der Waals surface area contributed by atoms with Crippen molar-refractivity contribution in [2.24, 2.45) is 0 Å². The first-order chi connectivity index (χ1) is 9.82. The minimum Gasteiger partial charge on any atom is -0.477 e. The number of aromatic nitrogens is 1. The fourth-order valence-corrected chi connectivity index (χ4v) is 2.69. The lowest BCUT2D eigenvalue weighted by Crippen LogP contribution is -2.27. The summed E-state index contributed by atoms with van der Waals surface area (Å²) in [5.74, 6) is -4.71. The van der Waals surface area contributed by atoms with Gasteiger partial charge in [-0.15, -0.1) is 0 Å². The van der Waals surface area contributed by atoms with Crippen LogP contribution in [0, 0.1) is 11.6 Å². The molecule has 1 unspecified atom stereocenters. The molecule has 1 atom stereocenters. The van der Waals surface area contributed by atoms with Crippen LogP contribution < -0.4 is 5.43 Å². The molecule has 1 N–H and O–H groups in total. The van der Waals surface area contributed by atoms with E-state index in [9.17, 15) is 23.2 Å². The van der Waals surface area contributed by atoms with Gasteiger partial charge in [0, 0.05) is 18.7 Å². The summed E-state index contributed by atoms with van der Waals surface area (Å²) >= 11 is 0. The highest BCUT2D eigenvalue weighted by Crippen LogP contribution is 2.32. The number of nitrogens with zero attached hydrogens (tertiary/aromatic N) is 1. The van der Waals surface area contributed by atoms with Gasteiger partial charge in [0.15, 0.2) is 17.4 Å². The van der Waals surface area contributed by atoms with E-state index in [4.69, 9.17) is 5.11 Å². The first-order valence-corrected chi connectivity index (χ1v) is 6.16. The minimum atomic E-state index is -1.46. The largest absolute Gasteiger partial charge is 0.477 e. The van der Waals surface area contributed by atoms with Crippen LogP contribution in [0.15, 0.2) is 17.1 Å². The van der Waals surface area contributed by atoms with E-state index >= 15 is 0 Å². The smallest absolute Gasteiger partial charge is 0.341 e. The number of carboxylic acid groups (broad SMARTS) is 1. The van der Waals surface area contributed by atoms with E-state index in [1.54, 1.807) is 6.92 Å². The number of hydrogen-bond donors (Lipinski definition) is 1. The maximum Gasteiger partial charge on any atom is 0.341 e. The van der Waals surface area contributed by atoms with E-state index in [0.717, 1.165) is 6.20 Å². The molecule has 0 bridgehead atoms. The van der Waals surface area contributed by atoms with Gasteiger partial charge in [-0.05, 0) is 13.0 Å². The van der Waals surface area contributed by atoms with Crippen molar-refractivity contribution in [2.45, 2.75) is 19.4 Å². The van der Waals surface area contributed by atoms with E-state index in [-0.39, 0.29) is 17.3 Å².